The number of hydrogen-bond donors (Lipinski definition) is 3. The molecule has 0 saturated heterocycles. The summed E-state index contributed by atoms with van der Waals surface area (Å²) >= 11 is 0. The minimum atomic E-state index is -0.706. The first-order chi connectivity index (χ1) is 15.4. The van der Waals surface area contributed by atoms with Crippen LogP contribution in [0.3, 0.4) is 0 Å². The van der Waals surface area contributed by atoms with Gasteiger partial charge in [0.1, 0.15) is 6.04 Å². The molecule has 1 aliphatic rings. The molecule has 0 bridgehead atoms. The first kappa shape index (κ1) is 25.3. The lowest BCUT2D eigenvalue weighted by molar-refractivity contribution is -0.145. The predicted octanol–water partition coefficient (Wildman–Crippen LogP) is 3.93. The Hall–Kier alpha value is -2.93. The lowest BCUT2D eigenvalue weighted by atomic mass is 9.76. The number of ether oxygens (including phenoxy) is 1. The fourth-order valence-corrected chi connectivity index (χ4v) is 3.82. The largest absolute Gasteiger partial charge is 0.467 e. The van der Waals surface area contributed by atoms with Gasteiger partial charge in [0.2, 0.25) is 11.8 Å². The molecule has 2 unspecified atom stereocenters. The minimum absolute atomic E-state index is 0.183. The van der Waals surface area contributed by atoms with Crippen LogP contribution in [0.4, 0.5) is 0 Å². The van der Waals surface area contributed by atoms with Crippen molar-refractivity contribution in [1.29, 1.82) is 0 Å². The predicted molar refractivity (Wildman–Crippen MR) is 122 cm³/mol. The van der Waals surface area contributed by atoms with Gasteiger partial charge in [-0.15, -0.1) is 0 Å². The Kier molecular flexibility index (Phi) is 10.1. The molecule has 0 aliphatic heterocycles. The van der Waals surface area contributed by atoms with Crippen molar-refractivity contribution in [1.82, 2.24) is 10.8 Å². The van der Waals surface area contributed by atoms with Gasteiger partial charge in [0, 0.05) is 12.8 Å². The summed E-state index contributed by atoms with van der Waals surface area (Å²) in [6.07, 6.45) is 11.1. The smallest absolute Gasteiger partial charge is 0.328 e. The van der Waals surface area contributed by atoms with Gasteiger partial charge in [-0.25, -0.2) is 10.3 Å². The van der Waals surface area contributed by atoms with Crippen molar-refractivity contribution in [3.05, 3.63) is 54.1 Å². The summed E-state index contributed by atoms with van der Waals surface area (Å²) < 4.78 is 4.93. The number of nitrogens with one attached hydrogen (secondary N) is 2. The van der Waals surface area contributed by atoms with Gasteiger partial charge in [0.05, 0.1) is 7.11 Å². The van der Waals surface area contributed by atoms with E-state index in [4.69, 9.17) is 9.94 Å². The second kappa shape index (κ2) is 12.8. The molecule has 0 heterocycles. The summed E-state index contributed by atoms with van der Waals surface area (Å²) in [5, 5.41) is 11.3. The van der Waals surface area contributed by atoms with Gasteiger partial charge in [-0.05, 0) is 42.2 Å². The van der Waals surface area contributed by atoms with Gasteiger partial charge < -0.3 is 10.1 Å². The van der Waals surface area contributed by atoms with E-state index in [2.05, 4.69) is 42.6 Å². The summed E-state index contributed by atoms with van der Waals surface area (Å²) in [5.74, 6) is -1.03. The van der Waals surface area contributed by atoms with Gasteiger partial charge >= 0.3 is 5.97 Å². The van der Waals surface area contributed by atoms with Gasteiger partial charge in [-0.3, -0.25) is 14.8 Å². The van der Waals surface area contributed by atoms with Crippen molar-refractivity contribution < 1.29 is 24.3 Å². The van der Waals surface area contributed by atoms with Crippen LogP contribution >= 0.6 is 0 Å². The molecule has 2 amide bonds. The van der Waals surface area contributed by atoms with E-state index in [1.807, 2.05) is 18.2 Å². The molecule has 1 aromatic carbocycles. The molecular formula is C25H34N2O5. The Bertz CT molecular complexity index is 834. The van der Waals surface area contributed by atoms with Crippen LogP contribution < -0.4 is 10.8 Å². The number of benzene rings is 1. The van der Waals surface area contributed by atoms with E-state index in [0.717, 1.165) is 30.4 Å². The average Bonchev–Trinajstić information content (AvgIpc) is 2.81. The number of methoxy groups -OCH3 is 1. The highest BCUT2D eigenvalue weighted by Crippen LogP contribution is 2.36. The maximum absolute atomic E-state index is 12.4. The molecule has 7 nitrogen and oxygen atoms in total. The van der Waals surface area contributed by atoms with Crippen molar-refractivity contribution in [3.63, 3.8) is 0 Å². The zero-order valence-corrected chi connectivity index (χ0v) is 18.9. The van der Waals surface area contributed by atoms with E-state index in [0.29, 0.717) is 25.7 Å². The highest BCUT2D eigenvalue weighted by Gasteiger charge is 2.32. The maximum Gasteiger partial charge on any atom is 0.328 e. The number of esters is 1. The van der Waals surface area contributed by atoms with E-state index in [1.54, 1.807) is 5.48 Å². The topological polar surface area (TPSA) is 105 Å². The van der Waals surface area contributed by atoms with Crippen molar-refractivity contribution in [2.75, 3.05) is 7.11 Å². The Morgan fingerprint density at radius 2 is 1.72 bits per heavy atom. The molecule has 2 rings (SSSR count). The summed E-state index contributed by atoms with van der Waals surface area (Å²) in [7, 11) is 1.33. The van der Waals surface area contributed by atoms with Crippen molar-refractivity contribution in [2.24, 2.45) is 5.41 Å². The van der Waals surface area contributed by atoms with Gasteiger partial charge in [-0.1, -0.05) is 68.3 Å². The standard InChI is InChI=1S/C25H34N2O5/c1-25(16-14-20(15-17-25)19-10-6-5-7-11-19)18-21(24(30)32-2)26-22(28)12-8-3-4-9-13-23(29)27-31/h5-7,10-11,14-16,21,31H,3-4,8-9,12-13,17-18H2,1-2H3,(H,26,28)(H,27,29). The minimum Gasteiger partial charge on any atom is -0.467 e. The van der Waals surface area contributed by atoms with Gasteiger partial charge in [0.15, 0.2) is 0 Å². The van der Waals surface area contributed by atoms with Crippen LogP contribution in [-0.4, -0.2) is 36.1 Å². The Labute approximate surface area is 189 Å². The molecule has 1 aromatic rings. The molecular weight excluding hydrogens is 408 g/mol. The zero-order valence-electron chi connectivity index (χ0n) is 18.9. The van der Waals surface area contributed by atoms with E-state index in [1.165, 1.54) is 7.11 Å². The second-order valence-corrected chi connectivity index (χ2v) is 8.51. The normalized spacial score (nSPS) is 18.4. The Morgan fingerprint density at radius 3 is 2.28 bits per heavy atom. The number of hydroxylamine groups is 1. The number of unbranched alkanes of at least 4 members (excludes halogenated alkanes) is 3. The molecule has 7 heteroatoms. The third-order valence-electron chi connectivity index (χ3n) is 5.73. The summed E-state index contributed by atoms with van der Waals surface area (Å²) in [6, 6.07) is 9.43. The highest BCUT2D eigenvalue weighted by atomic mass is 16.5. The fraction of sp³-hybridized carbons (Fsp3) is 0.480. The second-order valence-electron chi connectivity index (χ2n) is 8.51. The number of amides is 2. The van der Waals surface area contributed by atoms with Crippen LogP contribution in [0.25, 0.3) is 5.57 Å². The molecule has 174 valence electrons. The van der Waals surface area contributed by atoms with Gasteiger partial charge in [-0.2, -0.15) is 0 Å². The molecule has 32 heavy (non-hydrogen) atoms. The summed E-state index contributed by atoms with van der Waals surface area (Å²) in [4.78, 5) is 35.7. The molecule has 1 aliphatic carbocycles. The molecule has 3 N–H and O–H groups in total. The third-order valence-corrected chi connectivity index (χ3v) is 5.73. The molecule has 0 fully saturated rings. The Morgan fingerprint density at radius 1 is 1.06 bits per heavy atom. The molecule has 2 atom stereocenters. The average molecular weight is 443 g/mol. The maximum atomic E-state index is 12.4. The van der Waals surface area contributed by atoms with Crippen LogP contribution in [0.1, 0.15) is 63.9 Å². The van der Waals surface area contributed by atoms with Gasteiger partial charge in [0.25, 0.3) is 0 Å². The lowest BCUT2D eigenvalue weighted by Crippen LogP contribution is -2.44. The lowest BCUT2D eigenvalue weighted by Gasteiger charge is -2.31. The monoisotopic (exact) mass is 442 g/mol. The SMILES string of the molecule is COC(=O)C(CC1(C)C=CC(c2ccccc2)=CC1)NC(=O)CCCCCCC(=O)NO. The molecule has 0 saturated carbocycles. The fourth-order valence-electron chi connectivity index (χ4n) is 3.82. The van der Waals surface area contributed by atoms with Crippen molar-refractivity contribution >= 4 is 23.4 Å². The summed E-state index contributed by atoms with van der Waals surface area (Å²) in [5.41, 5.74) is 3.64. The van der Waals surface area contributed by atoms with Crippen LogP contribution in [0.15, 0.2) is 48.6 Å². The van der Waals surface area contributed by atoms with E-state index >= 15 is 0 Å². The molecule has 0 radical (unpaired) electrons. The first-order valence-electron chi connectivity index (χ1n) is 11.1. The van der Waals surface area contributed by atoms with E-state index in [9.17, 15) is 14.4 Å². The Balaban J connectivity index is 1.83. The number of rotatable bonds is 12. The number of hydrogen-bond acceptors (Lipinski definition) is 5. The van der Waals surface area contributed by atoms with Crippen LogP contribution in [0, 0.1) is 5.41 Å². The van der Waals surface area contributed by atoms with Crippen molar-refractivity contribution in [2.45, 2.75) is 64.3 Å². The van der Waals surface area contributed by atoms with Crippen molar-refractivity contribution in [3.8, 4) is 0 Å². The third kappa shape index (κ3) is 8.30. The summed E-state index contributed by atoms with van der Waals surface area (Å²) in [6.45, 7) is 2.08. The number of carbonyl (C=O) groups is 3. The van der Waals surface area contributed by atoms with E-state index in [-0.39, 0.29) is 17.7 Å². The van der Waals surface area contributed by atoms with Crippen LogP contribution in [-0.2, 0) is 19.1 Å². The number of allylic oxidation sites excluding steroid dienone is 4. The zero-order chi connectivity index (χ0) is 23.4. The highest BCUT2D eigenvalue weighted by molar-refractivity contribution is 5.84. The number of carbonyl (C=O) groups excluding carboxylic acids is 3. The molecule has 0 spiro atoms. The first-order valence-corrected chi connectivity index (χ1v) is 11.1. The quantitative estimate of drug-likeness (QED) is 0.197. The van der Waals surface area contributed by atoms with Crippen LogP contribution in [0.2, 0.25) is 0 Å². The van der Waals surface area contributed by atoms with E-state index < -0.39 is 17.9 Å². The van der Waals surface area contributed by atoms with Crippen LogP contribution in [0.5, 0.6) is 0 Å². The molecule has 0 aromatic heterocycles.